The Morgan fingerprint density at radius 2 is 1.86 bits per heavy atom. The summed E-state index contributed by atoms with van der Waals surface area (Å²) in [5, 5.41) is 5.32. The van der Waals surface area contributed by atoms with Gasteiger partial charge in [-0.1, -0.05) is 37.1 Å². The summed E-state index contributed by atoms with van der Waals surface area (Å²) in [6, 6.07) is 16.8. The first kappa shape index (κ1) is 19.2. The molecule has 1 aliphatic rings. The SMILES string of the molecule is CCCCN1CCC(c2ccc(Nc3ccnc4cc(Cl)ccc34)cc2)CC1. The van der Waals surface area contributed by atoms with Gasteiger partial charge in [-0.2, -0.15) is 0 Å². The predicted molar refractivity (Wildman–Crippen MR) is 120 cm³/mol. The zero-order valence-electron chi connectivity index (χ0n) is 16.5. The van der Waals surface area contributed by atoms with E-state index in [-0.39, 0.29) is 0 Å². The summed E-state index contributed by atoms with van der Waals surface area (Å²) in [6.07, 6.45) is 6.97. The van der Waals surface area contributed by atoms with Crippen molar-refractivity contribution in [2.45, 2.75) is 38.5 Å². The van der Waals surface area contributed by atoms with Crippen LogP contribution in [0.25, 0.3) is 10.9 Å². The van der Waals surface area contributed by atoms with Crippen LogP contribution >= 0.6 is 11.6 Å². The lowest BCUT2D eigenvalue weighted by Crippen LogP contribution is -2.33. The number of likely N-dealkylation sites (tertiary alicyclic amines) is 1. The minimum Gasteiger partial charge on any atom is -0.355 e. The van der Waals surface area contributed by atoms with Crippen molar-refractivity contribution in [3.63, 3.8) is 0 Å². The number of nitrogens with one attached hydrogen (secondary N) is 1. The summed E-state index contributed by atoms with van der Waals surface area (Å²) >= 11 is 6.09. The van der Waals surface area contributed by atoms with Gasteiger partial charge in [0.15, 0.2) is 0 Å². The molecule has 4 rings (SSSR count). The number of aromatic nitrogens is 1. The molecule has 4 heteroatoms. The largest absolute Gasteiger partial charge is 0.355 e. The van der Waals surface area contributed by atoms with Crippen LogP contribution in [-0.4, -0.2) is 29.5 Å². The minimum atomic E-state index is 0.691. The van der Waals surface area contributed by atoms with Crippen molar-refractivity contribution in [1.29, 1.82) is 0 Å². The lowest BCUT2D eigenvalue weighted by atomic mass is 9.89. The number of piperidine rings is 1. The summed E-state index contributed by atoms with van der Waals surface area (Å²) in [5.41, 5.74) is 4.53. The summed E-state index contributed by atoms with van der Waals surface area (Å²) in [6.45, 7) is 6.00. The molecule has 1 aromatic heterocycles. The fourth-order valence-corrected chi connectivity index (χ4v) is 4.26. The molecule has 0 aliphatic carbocycles. The fourth-order valence-electron chi connectivity index (χ4n) is 4.10. The van der Waals surface area contributed by atoms with E-state index in [0.717, 1.165) is 22.3 Å². The van der Waals surface area contributed by atoms with E-state index in [0.29, 0.717) is 10.9 Å². The van der Waals surface area contributed by atoms with Gasteiger partial charge in [0.1, 0.15) is 0 Å². The van der Waals surface area contributed by atoms with Crippen molar-refractivity contribution in [2.75, 3.05) is 25.0 Å². The number of halogens is 1. The van der Waals surface area contributed by atoms with Crippen LogP contribution in [0.3, 0.4) is 0 Å². The number of hydrogen-bond acceptors (Lipinski definition) is 3. The van der Waals surface area contributed by atoms with Gasteiger partial charge in [0.25, 0.3) is 0 Å². The van der Waals surface area contributed by atoms with E-state index in [9.17, 15) is 0 Å². The monoisotopic (exact) mass is 393 g/mol. The molecule has 0 amide bonds. The van der Waals surface area contributed by atoms with Crippen molar-refractivity contribution in [1.82, 2.24) is 9.88 Å². The molecule has 0 spiro atoms. The highest BCUT2D eigenvalue weighted by Crippen LogP contribution is 2.31. The maximum atomic E-state index is 6.09. The summed E-state index contributed by atoms with van der Waals surface area (Å²) in [4.78, 5) is 7.04. The second-order valence-electron chi connectivity index (χ2n) is 7.74. The molecule has 0 radical (unpaired) electrons. The number of unbranched alkanes of at least 4 members (excludes halogenated alkanes) is 1. The Balaban J connectivity index is 1.42. The van der Waals surface area contributed by atoms with Gasteiger partial charge in [-0.25, -0.2) is 0 Å². The second-order valence-corrected chi connectivity index (χ2v) is 8.17. The summed E-state index contributed by atoms with van der Waals surface area (Å²) in [7, 11) is 0. The van der Waals surface area contributed by atoms with E-state index in [1.54, 1.807) is 0 Å². The average Bonchev–Trinajstić information content (AvgIpc) is 2.73. The Hall–Kier alpha value is -2.10. The van der Waals surface area contributed by atoms with Crippen LogP contribution in [0, 0.1) is 0 Å². The van der Waals surface area contributed by atoms with Gasteiger partial charge in [0, 0.05) is 28.0 Å². The first-order valence-corrected chi connectivity index (χ1v) is 10.7. The molecule has 0 saturated carbocycles. The molecular weight excluding hydrogens is 366 g/mol. The molecule has 2 aromatic carbocycles. The molecule has 28 heavy (non-hydrogen) atoms. The normalized spacial score (nSPS) is 15.8. The molecule has 1 saturated heterocycles. The van der Waals surface area contributed by atoms with Crippen LogP contribution < -0.4 is 5.32 Å². The first-order valence-electron chi connectivity index (χ1n) is 10.4. The Bertz CT molecular complexity index is 915. The molecule has 1 N–H and O–H groups in total. The standard InChI is InChI=1S/C24H28ClN3/c1-2-3-14-28-15-11-19(12-16-28)18-4-7-21(8-5-18)27-23-10-13-26-24-17-20(25)6-9-22(23)24/h4-10,13,17,19H,2-3,11-12,14-16H2,1H3,(H,26,27). The van der Waals surface area contributed by atoms with E-state index in [4.69, 9.17) is 11.6 Å². The number of pyridine rings is 1. The lowest BCUT2D eigenvalue weighted by molar-refractivity contribution is 0.209. The average molecular weight is 394 g/mol. The van der Waals surface area contributed by atoms with Gasteiger partial charge in [-0.05, 0) is 86.8 Å². The van der Waals surface area contributed by atoms with Gasteiger partial charge >= 0.3 is 0 Å². The van der Waals surface area contributed by atoms with Crippen LogP contribution in [0.15, 0.2) is 54.7 Å². The molecule has 0 unspecified atom stereocenters. The van der Waals surface area contributed by atoms with Gasteiger partial charge in [-0.3, -0.25) is 4.98 Å². The quantitative estimate of drug-likeness (QED) is 0.510. The molecule has 3 nitrogen and oxygen atoms in total. The maximum absolute atomic E-state index is 6.09. The Labute approximate surface area is 172 Å². The second kappa shape index (κ2) is 8.93. The smallest absolute Gasteiger partial charge is 0.0737 e. The molecule has 1 fully saturated rings. The number of anilines is 2. The molecule has 3 aromatic rings. The number of rotatable bonds is 6. The van der Waals surface area contributed by atoms with Gasteiger partial charge < -0.3 is 10.2 Å². The van der Waals surface area contributed by atoms with Crippen molar-refractivity contribution < 1.29 is 0 Å². The van der Waals surface area contributed by atoms with Gasteiger partial charge in [0.05, 0.1) is 5.52 Å². The van der Waals surface area contributed by atoms with Crippen LogP contribution in [0.1, 0.15) is 44.1 Å². The lowest BCUT2D eigenvalue weighted by Gasteiger charge is -2.32. The van der Waals surface area contributed by atoms with Gasteiger partial charge in [-0.15, -0.1) is 0 Å². The first-order chi connectivity index (χ1) is 13.7. The minimum absolute atomic E-state index is 0.691. The predicted octanol–water partition coefficient (Wildman–Crippen LogP) is 6.61. The summed E-state index contributed by atoms with van der Waals surface area (Å²) < 4.78 is 0. The van der Waals surface area contributed by atoms with E-state index < -0.39 is 0 Å². The molecule has 0 bridgehead atoms. The molecule has 0 atom stereocenters. The highest BCUT2D eigenvalue weighted by molar-refractivity contribution is 6.31. The van der Waals surface area contributed by atoms with Crippen LogP contribution in [-0.2, 0) is 0 Å². The molecule has 146 valence electrons. The molecule has 2 heterocycles. The number of nitrogens with zero attached hydrogens (tertiary/aromatic N) is 2. The third kappa shape index (κ3) is 4.48. The number of hydrogen-bond donors (Lipinski definition) is 1. The Morgan fingerprint density at radius 3 is 2.61 bits per heavy atom. The summed E-state index contributed by atoms with van der Waals surface area (Å²) in [5.74, 6) is 0.691. The van der Waals surface area contributed by atoms with Gasteiger partial charge in [0.2, 0.25) is 0 Å². The van der Waals surface area contributed by atoms with Crippen molar-refractivity contribution in [2.24, 2.45) is 0 Å². The van der Waals surface area contributed by atoms with E-state index in [2.05, 4.69) is 46.4 Å². The third-order valence-electron chi connectivity index (χ3n) is 5.78. The topological polar surface area (TPSA) is 28.2 Å². The van der Waals surface area contributed by atoms with E-state index in [1.807, 2.05) is 30.5 Å². The highest BCUT2D eigenvalue weighted by Gasteiger charge is 2.20. The van der Waals surface area contributed by atoms with Crippen LogP contribution in [0.5, 0.6) is 0 Å². The number of benzene rings is 2. The number of fused-ring (bicyclic) bond motifs is 1. The van der Waals surface area contributed by atoms with Crippen molar-refractivity contribution >= 4 is 33.9 Å². The highest BCUT2D eigenvalue weighted by atomic mass is 35.5. The van der Waals surface area contributed by atoms with E-state index in [1.165, 1.54) is 50.9 Å². The maximum Gasteiger partial charge on any atom is 0.0737 e. The Morgan fingerprint density at radius 1 is 1.07 bits per heavy atom. The van der Waals surface area contributed by atoms with Crippen molar-refractivity contribution in [3.05, 3.63) is 65.3 Å². The van der Waals surface area contributed by atoms with Crippen molar-refractivity contribution in [3.8, 4) is 0 Å². The molecular formula is C24H28ClN3. The fraction of sp³-hybridized carbons (Fsp3) is 0.375. The van der Waals surface area contributed by atoms with Crippen LogP contribution in [0.4, 0.5) is 11.4 Å². The third-order valence-corrected chi connectivity index (χ3v) is 6.02. The molecule has 1 aliphatic heterocycles. The zero-order valence-corrected chi connectivity index (χ0v) is 17.3. The van der Waals surface area contributed by atoms with Crippen LogP contribution in [0.2, 0.25) is 5.02 Å². The van der Waals surface area contributed by atoms with E-state index >= 15 is 0 Å². The Kier molecular flexibility index (Phi) is 6.13. The zero-order chi connectivity index (χ0) is 19.3.